The first-order chi connectivity index (χ1) is 11.1. The zero-order chi connectivity index (χ0) is 16.7. The normalized spacial score (nSPS) is 10.3. The highest BCUT2D eigenvalue weighted by molar-refractivity contribution is 7.12. The fraction of sp³-hybridized carbons (Fsp3) is 0.312. The largest absolute Gasteiger partial charge is 0.467 e. The van der Waals surface area contributed by atoms with Crippen molar-refractivity contribution in [3.8, 4) is 0 Å². The van der Waals surface area contributed by atoms with Crippen LogP contribution in [0.25, 0.3) is 0 Å². The summed E-state index contributed by atoms with van der Waals surface area (Å²) in [4.78, 5) is 37.5. The van der Waals surface area contributed by atoms with E-state index in [9.17, 15) is 14.4 Å². The Morgan fingerprint density at radius 2 is 2.04 bits per heavy atom. The van der Waals surface area contributed by atoms with Gasteiger partial charge in [0.1, 0.15) is 5.76 Å². The summed E-state index contributed by atoms with van der Waals surface area (Å²) in [5, 5.41) is 4.49. The van der Waals surface area contributed by atoms with Gasteiger partial charge in [0.15, 0.2) is 5.78 Å². The molecule has 2 heterocycles. The van der Waals surface area contributed by atoms with Crippen molar-refractivity contribution in [2.24, 2.45) is 0 Å². The van der Waals surface area contributed by atoms with E-state index < -0.39 is 0 Å². The number of carbonyl (C=O) groups excluding carboxylic acids is 3. The van der Waals surface area contributed by atoms with Crippen molar-refractivity contribution in [1.82, 2.24) is 10.2 Å². The van der Waals surface area contributed by atoms with Gasteiger partial charge in [-0.25, -0.2) is 0 Å². The van der Waals surface area contributed by atoms with Gasteiger partial charge in [-0.1, -0.05) is 6.07 Å². The molecule has 0 saturated heterocycles. The lowest BCUT2D eigenvalue weighted by Gasteiger charge is -2.16. The van der Waals surface area contributed by atoms with E-state index in [-0.39, 0.29) is 43.5 Å². The quantitative estimate of drug-likeness (QED) is 0.750. The smallest absolute Gasteiger partial charge is 0.239 e. The van der Waals surface area contributed by atoms with E-state index in [1.165, 1.54) is 22.5 Å². The van der Waals surface area contributed by atoms with Crippen molar-refractivity contribution >= 4 is 28.9 Å². The van der Waals surface area contributed by atoms with Gasteiger partial charge in [-0.2, -0.15) is 0 Å². The molecule has 2 amide bonds. The molecule has 0 aliphatic rings. The maximum Gasteiger partial charge on any atom is 0.239 e. The Bertz CT molecular complexity index is 650. The zero-order valence-electron chi connectivity index (χ0n) is 12.8. The molecule has 0 atom stereocenters. The van der Waals surface area contributed by atoms with Crippen molar-refractivity contribution in [1.29, 1.82) is 0 Å². The molecule has 0 aromatic carbocycles. The summed E-state index contributed by atoms with van der Waals surface area (Å²) in [6, 6.07) is 7.03. The van der Waals surface area contributed by atoms with E-state index in [2.05, 4.69) is 5.32 Å². The van der Waals surface area contributed by atoms with Crippen LogP contribution in [0.2, 0.25) is 0 Å². The number of hydrogen-bond donors (Lipinski definition) is 1. The fourth-order valence-corrected chi connectivity index (χ4v) is 2.62. The number of amides is 2. The molecule has 0 radical (unpaired) electrons. The summed E-state index contributed by atoms with van der Waals surface area (Å²) in [6.45, 7) is 0.234. The van der Waals surface area contributed by atoms with Gasteiger partial charge >= 0.3 is 0 Å². The molecule has 23 heavy (non-hydrogen) atoms. The third-order valence-corrected chi connectivity index (χ3v) is 4.12. The Balaban J connectivity index is 1.69. The van der Waals surface area contributed by atoms with Gasteiger partial charge in [0, 0.05) is 19.9 Å². The van der Waals surface area contributed by atoms with Crippen molar-refractivity contribution < 1.29 is 18.8 Å². The van der Waals surface area contributed by atoms with Crippen LogP contribution in [0.5, 0.6) is 0 Å². The minimum absolute atomic E-state index is 0.0489. The molecule has 2 aromatic heterocycles. The third kappa shape index (κ3) is 5.37. The molecular formula is C16H18N2O4S. The Kier molecular flexibility index (Phi) is 6.10. The lowest BCUT2D eigenvalue weighted by molar-refractivity contribution is -0.134. The number of furan rings is 1. The summed E-state index contributed by atoms with van der Waals surface area (Å²) >= 11 is 1.36. The van der Waals surface area contributed by atoms with Gasteiger partial charge in [0.05, 0.1) is 24.2 Å². The second kappa shape index (κ2) is 8.28. The molecule has 1 N–H and O–H groups in total. The Labute approximate surface area is 138 Å². The first-order valence-electron chi connectivity index (χ1n) is 7.16. The summed E-state index contributed by atoms with van der Waals surface area (Å²) in [5.41, 5.74) is 0. The first-order valence-corrected chi connectivity index (χ1v) is 8.04. The molecule has 0 saturated carbocycles. The van der Waals surface area contributed by atoms with Crippen molar-refractivity contribution in [2.45, 2.75) is 19.4 Å². The fourth-order valence-electron chi connectivity index (χ4n) is 1.93. The summed E-state index contributed by atoms with van der Waals surface area (Å²) in [6.07, 6.45) is 1.78. The Morgan fingerprint density at radius 1 is 1.22 bits per heavy atom. The number of nitrogens with zero attached hydrogens (tertiary/aromatic N) is 1. The second-order valence-electron chi connectivity index (χ2n) is 5.01. The minimum Gasteiger partial charge on any atom is -0.467 e. The lowest BCUT2D eigenvalue weighted by Crippen LogP contribution is -2.38. The minimum atomic E-state index is -0.276. The highest BCUT2D eigenvalue weighted by Crippen LogP contribution is 2.12. The number of ketones is 1. The predicted molar refractivity (Wildman–Crippen MR) is 86.1 cm³/mol. The van der Waals surface area contributed by atoms with Gasteiger partial charge in [-0.15, -0.1) is 11.3 Å². The van der Waals surface area contributed by atoms with Crippen molar-refractivity contribution in [3.05, 3.63) is 46.5 Å². The average molecular weight is 334 g/mol. The molecule has 0 fully saturated rings. The molecule has 2 aromatic rings. The molecule has 122 valence electrons. The number of Topliss-reactive ketones (excluding diaryl/α,β-unsaturated/α-hetero) is 1. The average Bonchev–Trinajstić information content (AvgIpc) is 3.22. The van der Waals surface area contributed by atoms with Crippen LogP contribution in [0.3, 0.4) is 0 Å². The summed E-state index contributed by atoms with van der Waals surface area (Å²) < 4.78 is 5.10. The van der Waals surface area contributed by atoms with Gasteiger partial charge in [0.25, 0.3) is 0 Å². The number of likely N-dealkylation sites (N-methyl/N-ethyl adjacent to an activating group) is 1. The molecule has 2 rings (SSSR count). The molecule has 6 nitrogen and oxygen atoms in total. The summed E-state index contributed by atoms with van der Waals surface area (Å²) in [7, 11) is 1.55. The van der Waals surface area contributed by atoms with E-state index in [4.69, 9.17) is 4.42 Å². The third-order valence-electron chi connectivity index (χ3n) is 3.21. The molecule has 7 heteroatoms. The van der Waals surface area contributed by atoms with E-state index in [0.29, 0.717) is 10.6 Å². The van der Waals surface area contributed by atoms with Crippen LogP contribution >= 0.6 is 11.3 Å². The molecule has 0 bridgehead atoms. The SMILES string of the molecule is CN(CC(=O)NCc1ccco1)C(=O)CCC(=O)c1cccs1. The lowest BCUT2D eigenvalue weighted by atomic mass is 10.2. The van der Waals surface area contributed by atoms with Crippen LogP contribution in [-0.2, 0) is 16.1 Å². The topological polar surface area (TPSA) is 79.6 Å². The van der Waals surface area contributed by atoms with E-state index in [1.54, 1.807) is 31.3 Å². The maximum atomic E-state index is 12.0. The zero-order valence-corrected chi connectivity index (χ0v) is 13.6. The standard InChI is InChI=1S/C16H18N2O4S/c1-18(11-15(20)17-10-12-4-2-8-22-12)16(21)7-6-13(19)14-5-3-9-23-14/h2-5,8-9H,6-7,10-11H2,1H3,(H,17,20). The number of nitrogens with one attached hydrogen (secondary N) is 1. The van der Waals surface area contributed by atoms with Crippen LogP contribution in [-0.4, -0.2) is 36.1 Å². The van der Waals surface area contributed by atoms with Crippen LogP contribution < -0.4 is 5.32 Å². The Morgan fingerprint density at radius 3 is 2.70 bits per heavy atom. The van der Waals surface area contributed by atoms with E-state index >= 15 is 0 Å². The van der Waals surface area contributed by atoms with Crippen LogP contribution in [0.4, 0.5) is 0 Å². The van der Waals surface area contributed by atoms with Crippen LogP contribution in [0, 0.1) is 0 Å². The predicted octanol–water partition coefficient (Wildman–Crippen LogP) is 2.08. The molecule has 0 spiro atoms. The van der Waals surface area contributed by atoms with Gasteiger partial charge < -0.3 is 14.6 Å². The monoisotopic (exact) mass is 334 g/mol. The highest BCUT2D eigenvalue weighted by Gasteiger charge is 2.15. The van der Waals surface area contributed by atoms with Crippen LogP contribution in [0.1, 0.15) is 28.3 Å². The van der Waals surface area contributed by atoms with Crippen molar-refractivity contribution in [2.75, 3.05) is 13.6 Å². The number of rotatable bonds is 8. The van der Waals surface area contributed by atoms with E-state index in [0.717, 1.165) is 0 Å². The van der Waals surface area contributed by atoms with E-state index in [1.807, 2.05) is 5.38 Å². The van der Waals surface area contributed by atoms with Gasteiger partial charge in [-0.3, -0.25) is 14.4 Å². The number of thiophene rings is 1. The second-order valence-corrected chi connectivity index (χ2v) is 5.95. The Hall–Kier alpha value is -2.41. The first kappa shape index (κ1) is 17.0. The van der Waals surface area contributed by atoms with Crippen molar-refractivity contribution in [3.63, 3.8) is 0 Å². The molecular weight excluding hydrogens is 316 g/mol. The molecule has 0 aliphatic carbocycles. The molecule has 0 unspecified atom stereocenters. The van der Waals surface area contributed by atoms with Gasteiger partial charge in [-0.05, 0) is 23.6 Å². The number of carbonyl (C=O) groups is 3. The summed E-state index contributed by atoms with van der Waals surface area (Å²) in [5.74, 6) is 0.0859. The maximum absolute atomic E-state index is 12.0. The molecule has 0 aliphatic heterocycles. The number of hydrogen-bond acceptors (Lipinski definition) is 5. The van der Waals surface area contributed by atoms with Crippen LogP contribution in [0.15, 0.2) is 40.3 Å². The van der Waals surface area contributed by atoms with Gasteiger partial charge in [0.2, 0.25) is 11.8 Å². The highest BCUT2D eigenvalue weighted by atomic mass is 32.1.